The van der Waals surface area contributed by atoms with E-state index in [-0.39, 0.29) is 11.4 Å². The second kappa shape index (κ2) is 5.57. The fourth-order valence-electron chi connectivity index (χ4n) is 2.90. The molecule has 0 N–H and O–H groups in total. The molecule has 0 heterocycles. The number of ether oxygens (including phenoxy) is 1. The van der Waals surface area contributed by atoms with Gasteiger partial charge in [0.1, 0.15) is 5.75 Å². The summed E-state index contributed by atoms with van der Waals surface area (Å²) in [6, 6.07) is 19.6. The molecule has 2 nitrogen and oxygen atoms in total. The third-order valence-electron chi connectivity index (χ3n) is 3.99. The van der Waals surface area contributed by atoms with E-state index in [0.29, 0.717) is 5.75 Å². The first kappa shape index (κ1) is 13.6. The first-order valence-electron chi connectivity index (χ1n) is 7.18. The fraction of sp³-hybridized carbons (Fsp3) is 0.211. The minimum atomic E-state index is -0.286. The summed E-state index contributed by atoms with van der Waals surface area (Å²) in [6.45, 7) is 2.24. The molecule has 106 valence electrons. The lowest BCUT2D eigenvalue weighted by atomic mass is 9.63. The fourth-order valence-corrected chi connectivity index (χ4v) is 2.90. The SMILES string of the molecule is CC1(c2ccccc2)CC(=CC(=O)Oc2ccccc2)C1. The number of allylic oxidation sites excluding steroid dienone is 1. The summed E-state index contributed by atoms with van der Waals surface area (Å²) in [4.78, 5) is 11.9. The van der Waals surface area contributed by atoms with Crippen LogP contribution in [0, 0.1) is 0 Å². The predicted molar refractivity (Wildman–Crippen MR) is 83.2 cm³/mol. The molecule has 0 atom stereocenters. The van der Waals surface area contributed by atoms with Crippen molar-refractivity contribution in [2.24, 2.45) is 0 Å². The Morgan fingerprint density at radius 3 is 2.19 bits per heavy atom. The molecule has 0 saturated heterocycles. The monoisotopic (exact) mass is 278 g/mol. The lowest BCUT2D eigenvalue weighted by Gasteiger charge is -2.41. The summed E-state index contributed by atoms with van der Waals surface area (Å²) in [6.07, 6.45) is 3.47. The van der Waals surface area contributed by atoms with Crippen LogP contribution in [0.3, 0.4) is 0 Å². The molecule has 2 aromatic rings. The zero-order valence-electron chi connectivity index (χ0n) is 12.1. The highest BCUT2D eigenvalue weighted by molar-refractivity contribution is 5.85. The molecule has 0 aliphatic heterocycles. The van der Waals surface area contributed by atoms with Crippen molar-refractivity contribution in [2.45, 2.75) is 25.2 Å². The Labute approximate surface area is 125 Å². The summed E-state index contributed by atoms with van der Waals surface area (Å²) < 4.78 is 5.28. The standard InChI is InChI=1S/C19H18O2/c1-19(16-8-4-2-5-9-16)13-15(14-19)12-18(20)21-17-10-6-3-7-11-17/h2-12H,13-14H2,1H3. The molecule has 1 saturated carbocycles. The van der Waals surface area contributed by atoms with Gasteiger partial charge in [-0.3, -0.25) is 0 Å². The van der Waals surface area contributed by atoms with Crippen molar-refractivity contribution in [1.29, 1.82) is 0 Å². The van der Waals surface area contributed by atoms with E-state index in [1.54, 1.807) is 18.2 Å². The second-order valence-electron chi connectivity index (χ2n) is 5.82. The summed E-state index contributed by atoms with van der Waals surface area (Å²) in [5.41, 5.74) is 2.64. The van der Waals surface area contributed by atoms with Gasteiger partial charge in [0.05, 0.1) is 0 Å². The van der Waals surface area contributed by atoms with Crippen LogP contribution >= 0.6 is 0 Å². The highest BCUT2D eigenvalue weighted by atomic mass is 16.5. The molecule has 2 heteroatoms. The Morgan fingerprint density at radius 1 is 1.00 bits per heavy atom. The van der Waals surface area contributed by atoms with Crippen molar-refractivity contribution in [3.63, 3.8) is 0 Å². The van der Waals surface area contributed by atoms with Gasteiger partial charge < -0.3 is 4.74 Å². The van der Waals surface area contributed by atoms with Crippen molar-refractivity contribution in [2.75, 3.05) is 0 Å². The van der Waals surface area contributed by atoms with E-state index in [0.717, 1.165) is 18.4 Å². The van der Waals surface area contributed by atoms with Gasteiger partial charge in [-0.05, 0) is 36.0 Å². The van der Waals surface area contributed by atoms with Crippen LogP contribution in [0.2, 0.25) is 0 Å². The molecule has 0 spiro atoms. The highest BCUT2D eigenvalue weighted by Gasteiger charge is 2.37. The molecule has 2 aromatic carbocycles. The van der Waals surface area contributed by atoms with Crippen LogP contribution in [0.4, 0.5) is 0 Å². The van der Waals surface area contributed by atoms with Gasteiger partial charge in [0.15, 0.2) is 0 Å². The van der Waals surface area contributed by atoms with Crippen LogP contribution in [0.1, 0.15) is 25.3 Å². The molecular formula is C19H18O2. The van der Waals surface area contributed by atoms with Gasteiger partial charge in [-0.2, -0.15) is 0 Å². The predicted octanol–water partition coefficient (Wildman–Crippen LogP) is 4.27. The molecular weight excluding hydrogens is 260 g/mol. The van der Waals surface area contributed by atoms with E-state index in [4.69, 9.17) is 4.74 Å². The Balaban J connectivity index is 1.62. The zero-order chi connectivity index (χ0) is 14.7. The van der Waals surface area contributed by atoms with Crippen LogP contribution in [0.15, 0.2) is 72.3 Å². The van der Waals surface area contributed by atoms with E-state index >= 15 is 0 Å². The van der Waals surface area contributed by atoms with Crippen LogP contribution in [0.5, 0.6) is 5.75 Å². The lowest BCUT2D eigenvalue weighted by molar-refractivity contribution is -0.129. The van der Waals surface area contributed by atoms with E-state index in [1.165, 1.54) is 5.56 Å². The van der Waals surface area contributed by atoms with Gasteiger partial charge in [-0.1, -0.05) is 61.0 Å². The quantitative estimate of drug-likeness (QED) is 0.476. The molecule has 0 radical (unpaired) electrons. The van der Waals surface area contributed by atoms with E-state index in [1.807, 2.05) is 24.3 Å². The van der Waals surface area contributed by atoms with Gasteiger partial charge in [0.25, 0.3) is 0 Å². The largest absolute Gasteiger partial charge is 0.423 e. The summed E-state index contributed by atoms with van der Waals surface area (Å²) in [5.74, 6) is 0.302. The van der Waals surface area contributed by atoms with Crippen molar-refractivity contribution in [3.8, 4) is 5.75 Å². The van der Waals surface area contributed by atoms with E-state index in [2.05, 4.69) is 31.2 Å². The molecule has 3 rings (SSSR count). The number of para-hydroxylation sites is 1. The molecule has 0 aromatic heterocycles. The smallest absolute Gasteiger partial charge is 0.336 e. The maximum absolute atomic E-state index is 11.9. The van der Waals surface area contributed by atoms with Gasteiger partial charge in [0.2, 0.25) is 0 Å². The first-order chi connectivity index (χ1) is 10.2. The maximum atomic E-state index is 11.9. The topological polar surface area (TPSA) is 26.3 Å². The van der Waals surface area contributed by atoms with Crippen LogP contribution in [0.25, 0.3) is 0 Å². The van der Waals surface area contributed by atoms with Crippen molar-refractivity contribution >= 4 is 5.97 Å². The molecule has 0 unspecified atom stereocenters. The van der Waals surface area contributed by atoms with Gasteiger partial charge in [-0.25, -0.2) is 4.79 Å². The number of rotatable bonds is 3. The Morgan fingerprint density at radius 2 is 1.57 bits per heavy atom. The zero-order valence-corrected chi connectivity index (χ0v) is 12.1. The Hall–Kier alpha value is -2.35. The number of hydrogen-bond acceptors (Lipinski definition) is 2. The van der Waals surface area contributed by atoms with Crippen LogP contribution in [-0.4, -0.2) is 5.97 Å². The van der Waals surface area contributed by atoms with Crippen LogP contribution < -0.4 is 4.74 Å². The van der Waals surface area contributed by atoms with Crippen molar-refractivity contribution < 1.29 is 9.53 Å². The number of benzene rings is 2. The number of hydrogen-bond donors (Lipinski definition) is 0. The molecule has 1 aliphatic rings. The minimum Gasteiger partial charge on any atom is -0.423 e. The normalized spacial score (nSPS) is 20.5. The van der Waals surface area contributed by atoms with Crippen molar-refractivity contribution in [3.05, 3.63) is 77.9 Å². The van der Waals surface area contributed by atoms with Crippen LogP contribution in [-0.2, 0) is 10.2 Å². The highest BCUT2D eigenvalue weighted by Crippen LogP contribution is 2.46. The third kappa shape index (κ3) is 3.05. The lowest BCUT2D eigenvalue weighted by Crippen LogP contribution is -2.33. The van der Waals surface area contributed by atoms with Gasteiger partial charge in [0, 0.05) is 6.08 Å². The minimum absolute atomic E-state index is 0.153. The molecule has 1 fully saturated rings. The first-order valence-corrected chi connectivity index (χ1v) is 7.18. The molecule has 21 heavy (non-hydrogen) atoms. The molecule has 1 aliphatic carbocycles. The second-order valence-corrected chi connectivity index (χ2v) is 5.82. The average molecular weight is 278 g/mol. The Kier molecular flexibility index (Phi) is 3.61. The Bertz CT molecular complexity index is 648. The summed E-state index contributed by atoms with van der Waals surface area (Å²) in [5, 5.41) is 0. The number of esters is 1. The maximum Gasteiger partial charge on any atom is 0.336 e. The molecule has 0 amide bonds. The van der Waals surface area contributed by atoms with Gasteiger partial charge >= 0.3 is 5.97 Å². The van der Waals surface area contributed by atoms with Crippen molar-refractivity contribution in [1.82, 2.24) is 0 Å². The summed E-state index contributed by atoms with van der Waals surface area (Å²) >= 11 is 0. The van der Waals surface area contributed by atoms with E-state index in [9.17, 15) is 4.79 Å². The third-order valence-corrected chi connectivity index (χ3v) is 3.99. The number of carbonyl (C=O) groups is 1. The average Bonchev–Trinajstić information content (AvgIpc) is 2.47. The molecule has 0 bridgehead atoms. The van der Waals surface area contributed by atoms with E-state index < -0.39 is 0 Å². The summed E-state index contributed by atoms with van der Waals surface area (Å²) in [7, 11) is 0. The number of carbonyl (C=O) groups excluding carboxylic acids is 1. The van der Waals surface area contributed by atoms with Gasteiger partial charge in [-0.15, -0.1) is 0 Å².